The molecule has 0 spiro atoms. The van der Waals surface area contributed by atoms with Gasteiger partial charge in [0.2, 0.25) is 0 Å². The first-order chi connectivity index (χ1) is 10.1. The third-order valence-electron chi connectivity index (χ3n) is 3.90. The van der Waals surface area contributed by atoms with Gasteiger partial charge in [-0.3, -0.25) is 0 Å². The second-order valence-electron chi connectivity index (χ2n) is 5.89. The fourth-order valence-electron chi connectivity index (χ4n) is 2.90. The minimum Gasteiger partial charge on any atom is -0.493 e. The molecule has 0 amide bonds. The standard InChI is InChI=1S/C18H20FNO/c1-12(20)6-13-7-16(19)10-17(8-13)21-11-15-9-14-4-2-3-5-18(14)15/h2-5,7-8,10,12,15H,6,9,11,20H2,1H3. The summed E-state index contributed by atoms with van der Waals surface area (Å²) in [6, 6.07) is 13.3. The van der Waals surface area contributed by atoms with E-state index in [1.165, 1.54) is 23.3 Å². The molecule has 0 fully saturated rings. The number of rotatable bonds is 5. The van der Waals surface area contributed by atoms with Crippen LogP contribution in [0.15, 0.2) is 42.5 Å². The zero-order chi connectivity index (χ0) is 14.8. The molecule has 0 aliphatic heterocycles. The van der Waals surface area contributed by atoms with Crippen LogP contribution in [0.3, 0.4) is 0 Å². The molecule has 110 valence electrons. The Hall–Kier alpha value is -1.87. The fraction of sp³-hybridized carbons (Fsp3) is 0.333. The van der Waals surface area contributed by atoms with Crippen molar-refractivity contribution in [3.63, 3.8) is 0 Å². The van der Waals surface area contributed by atoms with Crippen molar-refractivity contribution in [3.05, 3.63) is 65.0 Å². The number of hydrogen-bond donors (Lipinski definition) is 1. The van der Waals surface area contributed by atoms with Crippen molar-refractivity contribution in [2.24, 2.45) is 5.73 Å². The van der Waals surface area contributed by atoms with Crippen molar-refractivity contribution in [1.82, 2.24) is 0 Å². The normalized spacial score (nSPS) is 17.8. The van der Waals surface area contributed by atoms with Crippen LogP contribution in [0.25, 0.3) is 0 Å². The maximum atomic E-state index is 13.6. The number of hydrogen-bond acceptors (Lipinski definition) is 2. The van der Waals surface area contributed by atoms with Gasteiger partial charge in [0.25, 0.3) is 0 Å². The Bertz CT molecular complexity index is 639. The van der Waals surface area contributed by atoms with Crippen LogP contribution in [0, 0.1) is 5.82 Å². The van der Waals surface area contributed by atoms with E-state index >= 15 is 0 Å². The molecule has 0 radical (unpaired) electrons. The largest absolute Gasteiger partial charge is 0.493 e. The highest BCUT2D eigenvalue weighted by Crippen LogP contribution is 2.35. The van der Waals surface area contributed by atoms with Gasteiger partial charge in [0.05, 0.1) is 6.61 Å². The molecule has 3 heteroatoms. The van der Waals surface area contributed by atoms with E-state index in [9.17, 15) is 4.39 Å². The van der Waals surface area contributed by atoms with E-state index in [0.29, 0.717) is 24.7 Å². The molecule has 2 N–H and O–H groups in total. The number of fused-ring (bicyclic) bond motifs is 1. The van der Waals surface area contributed by atoms with Crippen LogP contribution in [-0.4, -0.2) is 12.6 Å². The van der Waals surface area contributed by atoms with Crippen LogP contribution in [0.4, 0.5) is 4.39 Å². The molecule has 0 heterocycles. The number of ether oxygens (including phenoxy) is 1. The molecule has 3 rings (SSSR count). The summed E-state index contributed by atoms with van der Waals surface area (Å²) in [4.78, 5) is 0. The van der Waals surface area contributed by atoms with Gasteiger partial charge >= 0.3 is 0 Å². The van der Waals surface area contributed by atoms with E-state index < -0.39 is 0 Å². The number of nitrogens with two attached hydrogens (primary N) is 1. The van der Waals surface area contributed by atoms with Crippen LogP contribution in [0.1, 0.15) is 29.5 Å². The van der Waals surface area contributed by atoms with Crippen molar-refractivity contribution >= 4 is 0 Å². The summed E-state index contributed by atoms with van der Waals surface area (Å²) in [5, 5.41) is 0. The lowest BCUT2D eigenvalue weighted by Crippen LogP contribution is -2.23. The van der Waals surface area contributed by atoms with Crippen molar-refractivity contribution in [2.75, 3.05) is 6.61 Å². The van der Waals surface area contributed by atoms with Gasteiger partial charge < -0.3 is 10.5 Å². The van der Waals surface area contributed by atoms with E-state index in [-0.39, 0.29) is 11.9 Å². The third-order valence-corrected chi connectivity index (χ3v) is 3.90. The predicted octanol–water partition coefficient (Wildman–Crippen LogP) is 3.43. The zero-order valence-corrected chi connectivity index (χ0v) is 12.2. The Morgan fingerprint density at radius 1 is 1.29 bits per heavy atom. The Morgan fingerprint density at radius 3 is 2.86 bits per heavy atom. The van der Waals surface area contributed by atoms with Crippen molar-refractivity contribution in [2.45, 2.75) is 31.7 Å². The average Bonchev–Trinajstić information content (AvgIpc) is 2.38. The highest BCUT2D eigenvalue weighted by atomic mass is 19.1. The second kappa shape index (κ2) is 5.86. The third kappa shape index (κ3) is 3.24. The average molecular weight is 285 g/mol. The van der Waals surface area contributed by atoms with Crippen LogP contribution < -0.4 is 10.5 Å². The van der Waals surface area contributed by atoms with E-state index in [2.05, 4.69) is 18.2 Å². The maximum absolute atomic E-state index is 13.6. The van der Waals surface area contributed by atoms with Crippen LogP contribution >= 0.6 is 0 Å². The highest BCUT2D eigenvalue weighted by molar-refractivity contribution is 5.40. The lowest BCUT2D eigenvalue weighted by molar-refractivity contribution is 0.274. The Balaban J connectivity index is 1.65. The summed E-state index contributed by atoms with van der Waals surface area (Å²) in [7, 11) is 0. The summed E-state index contributed by atoms with van der Waals surface area (Å²) in [5.41, 5.74) is 9.39. The topological polar surface area (TPSA) is 35.2 Å². The van der Waals surface area contributed by atoms with E-state index in [1.54, 1.807) is 0 Å². The van der Waals surface area contributed by atoms with E-state index in [0.717, 1.165) is 12.0 Å². The molecule has 1 aliphatic rings. The predicted molar refractivity (Wildman–Crippen MR) is 82.1 cm³/mol. The van der Waals surface area contributed by atoms with Gasteiger partial charge in [-0.2, -0.15) is 0 Å². The lowest BCUT2D eigenvalue weighted by atomic mass is 9.78. The molecule has 2 aromatic rings. The molecular formula is C18H20FNO. The molecule has 1 aliphatic carbocycles. The second-order valence-corrected chi connectivity index (χ2v) is 5.89. The first kappa shape index (κ1) is 14.1. The van der Waals surface area contributed by atoms with Crippen molar-refractivity contribution < 1.29 is 9.13 Å². The summed E-state index contributed by atoms with van der Waals surface area (Å²) >= 11 is 0. The molecule has 21 heavy (non-hydrogen) atoms. The molecule has 0 saturated carbocycles. The summed E-state index contributed by atoms with van der Waals surface area (Å²) in [6.07, 6.45) is 1.69. The van der Waals surface area contributed by atoms with Gasteiger partial charge in [-0.25, -0.2) is 4.39 Å². The number of benzene rings is 2. The first-order valence-electron chi connectivity index (χ1n) is 7.37. The SMILES string of the molecule is CC(N)Cc1cc(F)cc(OCC2Cc3ccccc32)c1. The Kier molecular flexibility index (Phi) is 3.93. The molecular weight excluding hydrogens is 265 g/mol. The first-order valence-corrected chi connectivity index (χ1v) is 7.37. The summed E-state index contributed by atoms with van der Waals surface area (Å²) in [5.74, 6) is 0.744. The van der Waals surface area contributed by atoms with Gasteiger partial charge in [0.15, 0.2) is 0 Å². The number of halogens is 1. The Labute approximate surface area is 124 Å². The monoisotopic (exact) mass is 285 g/mol. The summed E-state index contributed by atoms with van der Waals surface area (Å²) in [6.45, 7) is 2.51. The zero-order valence-electron chi connectivity index (χ0n) is 12.2. The van der Waals surface area contributed by atoms with E-state index in [4.69, 9.17) is 10.5 Å². The molecule has 0 aromatic heterocycles. The highest BCUT2D eigenvalue weighted by Gasteiger charge is 2.25. The van der Waals surface area contributed by atoms with Gasteiger partial charge in [-0.1, -0.05) is 24.3 Å². The molecule has 0 bridgehead atoms. The minimum absolute atomic E-state index is 0.0122. The van der Waals surface area contributed by atoms with Gasteiger partial charge in [-0.05, 0) is 48.6 Å². The van der Waals surface area contributed by atoms with Gasteiger partial charge in [-0.15, -0.1) is 0 Å². The maximum Gasteiger partial charge on any atom is 0.127 e. The molecule has 2 unspecified atom stereocenters. The van der Waals surface area contributed by atoms with Crippen molar-refractivity contribution in [1.29, 1.82) is 0 Å². The quantitative estimate of drug-likeness (QED) is 0.913. The van der Waals surface area contributed by atoms with E-state index in [1.807, 2.05) is 19.1 Å². The molecule has 2 atom stereocenters. The smallest absolute Gasteiger partial charge is 0.127 e. The lowest BCUT2D eigenvalue weighted by Gasteiger charge is -2.29. The van der Waals surface area contributed by atoms with Gasteiger partial charge in [0.1, 0.15) is 11.6 Å². The molecule has 2 aromatic carbocycles. The van der Waals surface area contributed by atoms with Crippen molar-refractivity contribution in [3.8, 4) is 5.75 Å². The van der Waals surface area contributed by atoms with Crippen LogP contribution in [0.5, 0.6) is 5.75 Å². The van der Waals surface area contributed by atoms with Crippen LogP contribution in [0.2, 0.25) is 0 Å². The molecule has 2 nitrogen and oxygen atoms in total. The van der Waals surface area contributed by atoms with Gasteiger partial charge in [0, 0.05) is 18.0 Å². The summed E-state index contributed by atoms with van der Waals surface area (Å²) < 4.78 is 19.4. The minimum atomic E-state index is -0.267. The fourth-order valence-corrected chi connectivity index (χ4v) is 2.90. The molecule has 0 saturated heterocycles. The Morgan fingerprint density at radius 2 is 2.10 bits per heavy atom. The van der Waals surface area contributed by atoms with Crippen LogP contribution in [-0.2, 0) is 12.8 Å².